The molecule has 1 heterocycles. The van der Waals surface area contributed by atoms with Gasteiger partial charge in [0.1, 0.15) is 12.1 Å². The number of urea groups is 1. The standard InChI is InChI=1S/C22H23Cl2N3O3/c1-14(2)26(12-15-7-5-4-6-8-15)19(28)13-27-20(29)22(3,25-21(27)30)17-10-9-16(23)11-18(17)24/h4-11,14H,12-13H2,1-3H3,(H,25,30)/t22-/m0/s1. The first-order valence-corrected chi connectivity index (χ1v) is 10.3. The van der Waals surface area contributed by atoms with Crippen molar-refractivity contribution < 1.29 is 14.4 Å². The lowest BCUT2D eigenvalue weighted by atomic mass is 9.92. The maximum absolute atomic E-state index is 13.1. The largest absolute Gasteiger partial charge is 0.334 e. The van der Waals surface area contributed by atoms with Crippen LogP contribution in [-0.4, -0.2) is 40.2 Å². The van der Waals surface area contributed by atoms with Crippen molar-refractivity contribution in [1.82, 2.24) is 15.1 Å². The van der Waals surface area contributed by atoms with Crippen LogP contribution in [0.15, 0.2) is 48.5 Å². The summed E-state index contributed by atoms with van der Waals surface area (Å²) in [6.07, 6.45) is 0. The molecule has 0 radical (unpaired) electrons. The fourth-order valence-electron chi connectivity index (χ4n) is 3.48. The molecule has 1 saturated heterocycles. The Hall–Kier alpha value is -2.57. The van der Waals surface area contributed by atoms with Crippen molar-refractivity contribution in [2.24, 2.45) is 0 Å². The second-order valence-electron chi connectivity index (χ2n) is 7.67. The molecule has 1 aliphatic rings. The van der Waals surface area contributed by atoms with Gasteiger partial charge in [0.15, 0.2) is 0 Å². The minimum atomic E-state index is -1.37. The summed E-state index contributed by atoms with van der Waals surface area (Å²) >= 11 is 12.2. The molecule has 1 atom stereocenters. The molecule has 1 fully saturated rings. The van der Waals surface area contributed by atoms with Crippen LogP contribution in [0.2, 0.25) is 10.0 Å². The van der Waals surface area contributed by atoms with Crippen LogP contribution in [0.5, 0.6) is 0 Å². The molecule has 2 aromatic rings. The number of hydrogen-bond acceptors (Lipinski definition) is 3. The minimum Gasteiger partial charge on any atom is -0.334 e. The third-order valence-corrected chi connectivity index (χ3v) is 5.73. The van der Waals surface area contributed by atoms with E-state index in [-0.39, 0.29) is 23.5 Å². The number of benzene rings is 2. The van der Waals surface area contributed by atoms with Crippen LogP contribution in [0.1, 0.15) is 31.9 Å². The second kappa shape index (κ2) is 8.66. The Morgan fingerprint density at radius 3 is 2.40 bits per heavy atom. The number of nitrogens with one attached hydrogen (secondary N) is 1. The summed E-state index contributed by atoms with van der Waals surface area (Å²) in [5.41, 5.74) is 0.0163. The number of rotatable bonds is 6. The first kappa shape index (κ1) is 22.1. The fourth-order valence-corrected chi connectivity index (χ4v) is 4.08. The highest BCUT2D eigenvalue weighted by Gasteiger charge is 2.50. The predicted octanol–water partition coefficient (Wildman–Crippen LogP) is 4.20. The molecule has 1 N–H and O–H groups in total. The zero-order chi connectivity index (χ0) is 22.1. The Morgan fingerprint density at radius 2 is 1.80 bits per heavy atom. The number of halogens is 2. The van der Waals surface area contributed by atoms with Crippen LogP contribution in [0.25, 0.3) is 0 Å². The van der Waals surface area contributed by atoms with Gasteiger partial charge in [-0.3, -0.25) is 14.5 Å². The number of carbonyl (C=O) groups is 3. The molecule has 2 aromatic carbocycles. The summed E-state index contributed by atoms with van der Waals surface area (Å²) in [5.74, 6) is -0.850. The van der Waals surface area contributed by atoms with Crippen molar-refractivity contribution in [3.63, 3.8) is 0 Å². The van der Waals surface area contributed by atoms with E-state index in [1.54, 1.807) is 24.0 Å². The van der Waals surface area contributed by atoms with Gasteiger partial charge in [0.05, 0.1) is 0 Å². The summed E-state index contributed by atoms with van der Waals surface area (Å²) < 4.78 is 0. The highest BCUT2D eigenvalue weighted by molar-refractivity contribution is 6.35. The number of hydrogen-bond donors (Lipinski definition) is 1. The van der Waals surface area contributed by atoms with Gasteiger partial charge in [0, 0.05) is 28.2 Å². The number of nitrogens with zero attached hydrogens (tertiary/aromatic N) is 2. The molecule has 0 saturated carbocycles. The van der Waals surface area contributed by atoms with Crippen LogP contribution in [-0.2, 0) is 21.7 Å². The number of imide groups is 1. The average molecular weight is 448 g/mol. The minimum absolute atomic E-state index is 0.101. The smallest absolute Gasteiger partial charge is 0.325 e. The maximum Gasteiger partial charge on any atom is 0.325 e. The van der Waals surface area contributed by atoms with Gasteiger partial charge in [-0.2, -0.15) is 0 Å². The lowest BCUT2D eigenvalue weighted by molar-refractivity contribution is -0.140. The van der Waals surface area contributed by atoms with Crippen molar-refractivity contribution in [2.75, 3.05) is 6.54 Å². The Bertz CT molecular complexity index is 981. The van der Waals surface area contributed by atoms with E-state index in [4.69, 9.17) is 23.2 Å². The predicted molar refractivity (Wildman–Crippen MR) is 116 cm³/mol. The van der Waals surface area contributed by atoms with E-state index >= 15 is 0 Å². The molecule has 3 rings (SSSR count). The topological polar surface area (TPSA) is 69.7 Å². The third-order valence-electron chi connectivity index (χ3n) is 5.18. The monoisotopic (exact) mass is 447 g/mol. The Morgan fingerprint density at radius 1 is 1.13 bits per heavy atom. The van der Waals surface area contributed by atoms with Gasteiger partial charge in [-0.15, -0.1) is 0 Å². The molecule has 158 valence electrons. The van der Waals surface area contributed by atoms with Crippen molar-refractivity contribution in [1.29, 1.82) is 0 Å². The number of carbonyl (C=O) groups excluding carboxylic acids is 3. The maximum atomic E-state index is 13.1. The van der Waals surface area contributed by atoms with Gasteiger partial charge in [-0.1, -0.05) is 59.6 Å². The van der Waals surface area contributed by atoms with Crippen LogP contribution in [0.3, 0.4) is 0 Å². The summed E-state index contributed by atoms with van der Waals surface area (Å²) in [7, 11) is 0. The van der Waals surface area contributed by atoms with Gasteiger partial charge < -0.3 is 10.2 Å². The summed E-state index contributed by atoms with van der Waals surface area (Å²) in [4.78, 5) is 41.3. The van der Waals surface area contributed by atoms with Crippen molar-refractivity contribution in [3.8, 4) is 0 Å². The highest BCUT2D eigenvalue weighted by atomic mass is 35.5. The Labute approximate surface area is 185 Å². The second-order valence-corrected chi connectivity index (χ2v) is 8.52. The van der Waals surface area contributed by atoms with Crippen LogP contribution in [0, 0.1) is 0 Å². The van der Waals surface area contributed by atoms with E-state index in [0.717, 1.165) is 10.5 Å². The van der Waals surface area contributed by atoms with Gasteiger partial charge >= 0.3 is 6.03 Å². The lowest BCUT2D eigenvalue weighted by Crippen LogP contribution is -2.46. The Balaban J connectivity index is 1.81. The van der Waals surface area contributed by atoms with E-state index < -0.39 is 17.5 Å². The molecule has 1 aliphatic heterocycles. The summed E-state index contributed by atoms with van der Waals surface area (Å²) in [6, 6.07) is 13.5. The average Bonchev–Trinajstić information content (AvgIpc) is 2.90. The van der Waals surface area contributed by atoms with E-state index in [1.165, 1.54) is 6.07 Å². The molecule has 0 aromatic heterocycles. The van der Waals surface area contributed by atoms with Crippen molar-refractivity contribution in [2.45, 2.75) is 38.9 Å². The molecular weight excluding hydrogens is 425 g/mol. The normalized spacial score (nSPS) is 18.7. The van der Waals surface area contributed by atoms with Crippen LogP contribution in [0.4, 0.5) is 4.79 Å². The van der Waals surface area contributed by atoms with Gasteiger partial charge in [-0.05, 0) is 38.5 Å². The summed E-state index contributed by atoms with van der Waals surface area (Å²) in [6.45, 7) is 5.39. The quantitative estimate of drug-likeness (QED) is 0.674. The molecule has 0 bridgehead atoms. The van der Waals surface area contributed by atoms with Crippen molar-refractivity contribution >= 4 is 41.0 Å². The van der Waals surface area contributed by atoms with E-state index in [9.17, 15) is 14.4 Å². The molecule has 0 unspecified atom stereocenters. The highest BCUT2D eigenvalue weighted by Crippen LogP contribution is 2.35. The SMILES string of the molecule is CC(C)N(Cc1ccccc1)C(=O)CN1C(=O)N[C@@](C)(c2ccc(Cl)cc2Cl)C1=O. The third kappa shape index (κ3) is 4.30. The first-order chi connectivity index (χ1) is 14.1. The molecule has 6 nitrogen and oxygen atoms in total. The number of amides is 4. The van der Waals surface area contributed by atoms with E-state index in [0.29, 0.717) is 17.1 Å². The van der Waals surface area contributed by atoms with Gasteiger partial charge in [0.25, 0.3) is 5.91 Å². The molecule has 30 heavy (non-hydrogen) atoms. The van der Waals surface area contributed by atoms with E-state index in [1.807, 2.05) is 44.2 Å². The molecule has 4 amide bonds. The first-order valence-electron chi connectivity index (χ1n) is 9.56. The zero-order valence-electron chi connectivity index (χ0n) is 17.0. The van der Waals surface area contributed by atoms with Crippen molar-refractivity contribution in [3.05, 3.63) is 69.7 Å². The molecule has 0 aliphatic carbocycles. The molecule has 0 spiro atoms. The van der Waals surface area contributed by atoms with E-state index in [2.05, 4.69) is 5.32 Å². The van der Waals surface area contributed by atoms with Gasteiger partial charge in [-0.25, -0.2) is 4.79 Å². The van der Waals surface area contributed by atoms with Crippen LogP contribution < -0.4 is 5.32 Å². The van der Waals surface area contributed by atoms with Gasteiger partial charge in [0.2, 0.25) is 5.91 Å². The molecule has 8 heteroatoms. The zero-order valence-corrected chi connectivity index (χ0v) is 18.5. The molecular formula is C22H23Cl2N3O3. The fraction of sp³-hybridized carbons (Fsp3) is 0.318. The van der Waals surface area contributed by atoms with Crippen LogP contribution >= 0.6 is 23.2 Å². The Kier molecular flexibility index (Phi) is 6.38. The summed E-state index contributed by atoms with van der Waals surface area (Å²) in [5, 5.41) is 3.35. The lowest BCUT2D eigenvalue weighted by Gasteiger charge is -2.29.